The zero-order valence-electron chi connectivity index (χ0n) is 16.4. The van der Waals surface area contributed by atoms with Crippen LogP contribution in [0.25, 0.3) is 0 Å². The van der Waals surface area contributed by atoms with E-state index in [4.69, 9.17) is 9.47 Å². The molecule has 4 rings (SSSR count). The van der Waals surface area contributed by atoms with Gasteiger partial charge in [-0.3, -0.25) is 9.80 Å². The van der Waals surface area contributed by atoms with Crippen LogP contribution < -0.4 is 4.74 Å². The van der Waals surface area contributed by atoms with Gasteiger partial charge in [0.05, 0.1) is 19.3 Å². The number of likely N-dealkylation sites (tertiary alicyclic amines) is 1. The Morgan fingerprint density at radius 3 is 2.39 bits per heavy atom. The van der Waals surface area contributed by atoms with Gasteiger partial charge in [0, 0.05) is 38.8 Å². The molecule has 0 aliphatic carbocycles. The molecule has 0 spiro atoms. The third-order valence-electron chi connectivity index (χ3n) is 5.72. The van der Waals surface area contributed by atoms with E-state index in [0.29, 0.717) is 6.61 Å². The molecule has 2 heterocycles. The average molecular weight is 383 g/mol. The van der Waals surface area contributed by atoms with Crippen LogP contribution in [0, 0.1) is 0 Å². The fourth-order valence-corrected chi connectivity index (χ4v) is 4.15. The van der Waals surface area contributed by atoms with Gasteiger partial charge < -0.3 is 14.6 Å². The monoisotopic (exact) mass is 382 g/mol. The second-order valence-corrected chi connectivity index (χ2v) is 7.73. The maximum atomic E-state index is 10.6. The Balaban J connectivity index is 1.25. The van der Waals surface area contributed by atoms with E-state index in [0.717, 1.165) is 58.1 Å². The number of benzene rings is 2. The number of nitrogens with zero attached hydrogens (tertiary/aromatic N) is 2. The molecule has 2 aromatic rings. The second-order valence-electron chi connectivity index (χ2n) is 7.73. The number of ether oxygens (including phenoxy) is 2. The third kappa shape index (κ3) is 5.11. The number of rotatable bonds is 6. The average Bonchev–Trinajstić information content (AvgIpc) is 2.75. The lowest BCUT2D eigenvalue weighted by Crippen LogP contribution is -2.56. The van der Waals surface area contributed by atoms with Crippen molar-refractivity contribution in [2.24, 2.45) is 0 Å². The molecule has 0 unspecified atom stereocenters. The van der Waals surface area contributed by atoms with Crippen LogP contribution >= 0.6 is 0 Å². The van der Waals surface area contributed by atoms with E-state index < -0.39 is 0 Å². The standard InChI is InChI=1S/C23H30N2O3/c26-23-17-24(11-10-22(23)25-12-14-27-15-13-25)16-19-6-8-21(9-7-19)28-18-20-4-2-1-3-5-20/h1-9,22-23,26H,10-18H2/t22-,23-/m1/s1. The maximum absolute atomic E-state index is 10.6. The van der Waals surface area contributed by atoms with Gasteiger partial charge in [0.2, 0.25) is 0 Å². The molecule has 0 amide bonds. The summed E-state index contributed by atoms with van der Waals surface area (Å²) in [7, 11) is 0. The lowest BCUT2D eigenvalue weighted by Gasteiger charge is -2.43. The summed E-state index contributed by atoms with van der Waals surface area (Å²) < 4.78 is 11.3. The van der Waals surface area contributed by atoms with Crippen molar-refractivity contribution in [3.63, 3.8) is 0 Å². The van der Waals surface area contributed by atoms with Crippen LogP contribution in [0.3, 0.4) is 0 Å². The summed E-state index contributed by atoms with van der Waals surface area (Å²) in [4.78, 5) is 4.74. The SMILES string of the molecule is O[C@@H]1CN(Cc2ccc(OCc3ccccc3)cc2)CC[C@H]1N1CCOCC1. The topological polar surface area (TPSA) is 45.2 Å². The first kappa shape index (κ1) is 19.4. The van der Waals surface area contributed by atoms with Crippen molar-refractivity contribution in [1.82, 2.24) is 9.80 Å². The summed E-state index contributed by atoms with van der Waals surface area (Å²) in [6.45, 7) is 6.64. The van der Waals surface area contributed by atoms with Crippen molar-refractivity contribution < 1.29 is 14.6 Å². The van der Waals surface area contributed by atoms with E-state index in [2.05, 4.69) is 34.1 Å². The molecule has 28 heavy (non-hydrogen) atoms. The first-order valence-corrected chi connectivity index (χ1v) is 10.3. The number of morpholine rings is 1. The number of hydrogen-bond acceptors (Lipinski definition) is 5. The summed E-state index contributed by atoms with van der Waals surface area (Å²) in [5, 5.41) is 10.6. The molecule has 5 heteroatoms. The van der Waals surface area contributed by atoms with Crippen molar-refractivity contribution in [3.8, 4) is 5.75 Å². The Labute approximate surface area is 167 Å². The normalized spacial score (nSPS) is 24.2. The van der Waals surface area contributed by atoms with Gasteiger partial charge >= 0.3 is 0 Å². The highest BCUT2D eigenvalue weighted by molar-refractivity contribution is 5.28. The highest BCUT2D eigenvalue weighted by Crippen LogP contribution is 2.21. The minimum atomic E-state index is -0.291. The lowest BCUT2D eigenvalue weighted by atomic mass is 9.99. The number of piperidine rings is 1. The van der Waals surface area contributed by atoms with Crippen LogP contribution in [0.1, 0.15) is 17.5 Å². The van der Waals surface area contributed by atoms with Gasteiger partial charge in [-0.1, -0.05) is 42.5 Å². The van der Waals surface area contributed by atoms with Crippen LogP contribution in [0.4, 0.5) is 0 Å². The van der Waals surface area contributed by atoms with Crippen LogP contribution in [-0.2, 0) is 17.9 Å². The maximum Gasteiger partial charge on any atom is 0.119 e. The Kier molecular flexibility index (Phi) is 6.60. The molecule has 0 aromatic heterocycles. The molecule has 1 N–H and O–H groups in total. The van der Waals surface area contributed by atoms with E-state index in [1.54, 1.807) is 0 Å². The summed E-state index contributed by atoms with van der Waals surface area (Å²) in [6, 6.07) is 18.8. The van der Waals surface area contributed by atoms with Crippen molar-refractivity contribution >= 4 is 0 Å². The predicted octanol–water partition coefficient (Wildman–Crippen LogP) is 2.53. The minimum absolute atomic E-state index is 0.272. The summed E-state index contributed by atoms with van der Waals surface area (Å²) in [5.41, 5.74) is 2.42. The first-order valence-electron chi connectivity index (χ1n) is 10.3. The van der Waals surface area contributed by atoms with Crippen molar-refractivity contribution in [2.75, 3.05) is 39.4 Å². The molecule has 2 atom stereocenters. The second kappa shape index (κ2) is 9.52. The van der Waals surface area contributed by atoms with E-state index in [1.807, 2.05) is 30.3 Å². The molecule has 5 nitrogen and oxygen atoms in total. The molecule has 2 aliphatic heterocycles. The molecule has 0 saturated carbocycles. The van der Waals surface area contributed by atoms with Crippen molar-refractivity contribution in [2.45, 2.75) is 31.7 Å². The van der Waals surface area contributed by atoms with Gasteiger partial charge in [-0.2, -0.15) is 0 Å². The largest absolute Gasteiger partial charge is 0.489 e. The molecule has 150 valence electrons. The summed E-state index contributed by atoms with van der Waals surface area (Å²) in [5.74, 6) is 0.888. The highest BCUT2D eigenvalue weighted by Gasteiger charge is 2.32. The van der Waals surface area contributed by atoms with Gasteiger partial charge in [0.1, 0.15) is 12.4 Å². The van der Waals surface area contributed by atoms with Gasteiger partial charge in [0.15, 0.2) is 0 Å². The van der Waals surface area contributed by atoms with Gasteiger partial charge in [-0.25, -0.2) is 0 Å². The van der Waals surface area contributed by atoms with Crippen LogP contribution in [0.2, 0.25) is 0 Å². The van der Waals surface area contributed by atoms with Crippen LogP contribution in [-0.4, -0.2) is 66.4 Å². The molecule has 2 aliphatic rings. The fraction of sp³-hybridized carbons (Fsp3) is 0.478. The van der Waals surface area contributed by atoms with Crippen LogP contribution in [0.15, 0.2) is 54.6 Å². The van der Waals surface area contributed by atoms with Gasteiger partial charge in [0.25, 0.3) is 0 Å². The van der Waals surface area contributed by atoms with Crippen molar-refractivity contribution in [3.05, 3.63) is 65.7 Å². The first-order chi connectivity index (χ1) is 13.8. The molecule has 0 radical (unpaired) electrons. The molecular formula is C23H30N2O3. The molecule has 2 aromatic carbocycles. The van der Waals surface area contributed by atoms with E-state index >= 15 is 0 Å². The number of hydrogen-bond donors (Lipinski definition) is 1. The highest BCUT2D eigenvalue weighted by atomic mass is 16.5. The van der Waals surface area contributed by atoms with Gasteiger partial charge in [-0.05, 0) is 29.7 Å². The van der Waals surface area contributed by atoms with E-state index in [1.165, 1.54) is 11.1 Å². The lowest BCUT2D eigenvalue weighted by molar-refractivity contribution is -0.0534. The van der Waals surface area contributed by atoms with Crippen LogP contribution in [0.5, 0.6) is 5.75 Å². The number of aliphatic hydroxyl groups is 1. The summed E-state index contributed by atoms with van der Waals surface area (Å²) >= 11 is 0. The Hall–Kier alpha value is -1.92. The number of aliphatic hydroxyl groups excluding tert-OH is 1. The zero-order chi connectivity index (χ0) is 19.2. The molecule has 0 bridgehead atoms. The minimum Gasteiger partial charge on any atom is -0.489 e. The Morgan fingerprint density at radius 2 is 1.68 bits per heavy atom. The Bertz CT molecular complexity index is 716. The molecule has 2 saturated heterocycles. The third-order valence-corrected chi connectivity index (χ3v) is 5.72. The quantitative estimate of drug-likeness (QED) is 0.832. The summed E-state index contributed by atoms with van der Waals surface area (Å²) in [6.07, 6.45) is 0.722. The fourth-order valence-electron chi connectivity index (χ4n) is 4.15. The van der Waals surface area contributed by atoms with E-state index in [9.17, 15) is 5.11 Å². The van der Waals surface area contributed by atoms with E-state index in [-0.39, 0.29) is 12.1 Å². The number of β-amino-alcohol motifs (C(OH)–C–C–N with tert-alkyl or cyclic N) is 1. The molecule has 2 fully saturated rings. The predicted molar refractivity (Wildman–Crippen MR) is 109 cm³/mol. The van der Waals surface area contributed by atoms with Crippen molar-refractivity contribution in [1.29, 1.82) is 0 Å². The molecular weight excluding hydrogens is 352 g/mol. The Morgan fingerprint density at radius 1 is 0.929 bits per heavy atom. The smallest absolute Gasteiger partial charge is 0.119 e. The van der Waals surface area contributed by atoms with Gasteiger partial charge in [-0.15, -0.1) is 0 Å². The zero-order valence-corrected chi connectivity index (χ0v) is 16.4.